The van der Waals surface area contributed by atoms with Gasteiger partial charge in [0.05, 0.1) is 0 Å². The lowest BCUT2D eigenvalue weighted by Gasteiger charge is -2.15. The Hall–Kier alpha value is -0.820. The van der Waals surface area contributed by atoms with Crippen LogP contribution in [0.2, 0.25) is 0 Å². The van der Waals surface area contributed by atoms with E-state index in [2.05, 4.69) is 29.6 Å². The summed E-state index contributed by atoms with van der Waals surface area (Å²) in [6.45, 7) is 1.26. The van der Waals surface area contributed by atoms with Crippen LogP contribution in [0.4, 0.5) is 0 Å². The van der Waals surface area contributed by atoms with Gasteiger partial charge in [0.2, 0.25) is 0 Å². The highest BCUT2D eigenvalue weighted by atomic mass is 15.0. The van der Waals surface area contributed by atoms with Gasteiger partial charge in [-0.1, -0.05) is 24.3 Å². The van der Waals surface area contributed by atoms with Crippen molar-refractivity contribution in [1.29, 1.82) is 0 Å². The molecule has 0 aromatic heterocycles. The molecule has 1 unspecified atom stereocenters. The van der Waals surface area contributed by atoms with Crippen molar-refractivity contribution < 1.29 is 0 Å². The summed E-state index contributed by atoms with van der Waals surface area (Å²) in [6, 6.07) is 9.78. The molecular weight excluding hydrogens is 194 g/mol. The molecule has 2 saturated carbocycles. The summed E-state index contributed by atoms with van der Waals surface area (Å²) in [7, 11) is 0. The molecule has 1 heterocycles. The van der Waals surface area contributed by atoms with Crippen LogP contribution in [0, 0.1) is 5.41 Å². The van der Waals surface area contributed by atoms with Crippen molar-refractivity contribution in [2.75, 3.05) is 6.54 Å². The molecule has 3 fully saturated rings. The maximum Gasteiger partial charge on any atom is 0.0329 e. The molecule has 84 valence electrons. The van der Waals surface area contributed by atoms with E-state index in [9.17, 15) is 0 Å². The Balaban J connectivity index is 1.66. The number of hydrogen-bond donors (Lipinski definition) is 1. The van der Waals surface area contributed by atoms with E-state index in [1.54, 1.807) is 11.1 Å². The van der Waals surface area contributed by atoms with Crippen LogP contribution < -0.4 is 5.32 Å². The summed E-state index contributed by atoms with van der Waals surface area (Å²) < 4.78 is 0. The van der Waals surface area contributed by atoms with Gasteiger partial charge >= 0.3 is 0 Å². The zero-order valence-electron chi connectivity index (χ0n) is 9.71. The quantitative estimate of drug-likeness (QED) is 0.794. The monoisotopic (exact) mass is 213 g/mol. The fourth-order valence-electron chi connectivity index (χ4n) is 3.29. The van der Waals surface area contributed by atoms with E-state index in [1.807, 2.05) is 0 Å². The molecule has 16 heavy (non-hydrogen) atoms. The van der Waals surface area contributed by atoms with Crippen molar-refractivity contribution in [2.24, 2.45) is 5.41 Å². The number of rotatable bonds is 2. The second kappa shape index (κ2) is 3.10. The second-order valence-electron chi connectivity index (χ2n) is 6.04. The SMILES string of the molecule is c1ccc(C2CC3(CC3)CN2)c(C2CC2)c1. The Kier molecular flexibility index (Phi) is 1.79. The molecule has 3 aliphatic rings. The van der Waals surface area contributed by atoms with Gasteiger partial charge in [0.1, 0.15) is 0 Å². The third-order valence-corrected chi connectivity index (χ3v) is 4.71. The van der Waals surface area contributed by atoms with Gasteiger partial charge in [-0.25, -0.2) is 0 Å². The highest BCUT2D eigenvalue weighted by Gasteiger charge is 2.48. The Labute approximate surface area is 97.2 Å². The maximum atomic E-state index is 3.75. The van der Waals surface area contributed by atoms with E-state index < -0.39 is 0 Å². The lowest BCUT2D eigenvalue weighted by molar-refractivity contribution is 0.551. The summed E-state index contributed by atoms with van der Waals surface area (Å²) >= 11 is 0. The molecule has 1 heteroatoms. The van der Waals surface area contributed by atoms with Crippen molar-refractivity contribution in [2.45, 2.75) is 44.1 Å². The van der Waals surface area contributed by atoms with E-state index in [-0.39, 0.29) is 0 Å². The zero-order valence-corrected chi connectivity index (χ0v) is 9.71. The average Bonchev–Trinajstić information content (AvgIpc) is 3.18. The fraction of sp³-hybridized carbons (Fsp3) is 0.600. The molecule has 0 bridgehead atoms. The molecule has 1 saturated heterocycles. The predicted molar refractivity (Wildman–Crippen MR) is 65.4 cm³/mol. The molecule has 1 atom stereocenters. The normalized spacial score (nSPS) is 30.9. The standard InChI is InChI=1S/C15H19N/c1-2-4-13(12(3-1)11-5-6-11)14-9-15(7-8-15)10-16-14/h1-4,11,14,16H,5-10H2. The second-order valence-corrected chi connectivity index (χ2v) is 6.04. The van der Waals surface area contributed by atoms with E-state index in [1.165, 1.54) is 38.6 Å². The maximum absolute atomic E-state index is 3.75. The van der Waals surface area contributed by atoms with E-state index >= 15 is 0 Å². The van der Waals surface area contributed by atoms with Gasteiger partial charge in [-0.05, 0) is 54.6 Å². The first-order chi connectivity index (χ1) is 7.86. The molecule has 1 spiro atoms. The topological polar surface area (TPSA) is 12.0 Å². The third kappa shape index (κ3) is 1.41. The van der Waals surface area contributed by atoms with Crippen molar-refractivity contribution in [3.8, 4) is 0 Å². The minimum absolute atomic E-state index is 0.652. The largest absolute Gasteiger partial charge is 0.309 e. The highest BCUT2D eigenvalue weighted by Crippen LogP contribution is 2.56. The van der Waals surface area contributed by atoms with E-state index in [0.29, 0.717) is 11.5 Å². The summed E-state index contributed by atoms with van der Waals surface area (Å²) in [5.41, 5.74) is 3.95. The van der Waals surface area contributed by atoms with Crippen LogP contribution in [0.1, 0.15) is 55.2 Å². The predicted octanol–water partition coefficient (Wildman–Crippen LogP) is 3.38. The van der Waals surface area contributed by atoms with Gasteiger partial charge in [-0.2, -0.15) is 0 Å². The van der Waals surface area contributed by atoms with Gasteiger partial charge < -0.3 is 5.32 Å². The summed E-state index contributed by atoms with van der Waals surface area (Å²) in [4.78, 5) is 0. The van der Waals surface area contributed by atoms with E-state index in [4.69, 9.17) is 0 Å². The van der Waals surface area contributed by atoms with Crippen molar-refractivity contribution in [1.82, 2.24) is 5.32 Å². The first kappa shape index (κ1) is 9.23. The Bertz CT molecular complexity index is 415. The van der Waals surface area contributed by atoms with Crippen LogP contribution in [-0.2, 0) is 0 Å². The molecule has 4 rings (SSSR count). The highest BCUT2D eigenvalue weighted by molar-refractivity contribution is 5.36. The van der Waals surface area contributed by atoms with Crippen LogP contribution in [-0.4, -0.2) is 6.54 Å². The first-order valence-corrected chi connectivity index (χ1v) is 6.69. The van der Waals surface area contributed by atoms with Gasteiger partial charge in [-0.15, -0.1) is 0 Å². The Morgan fingerprint density at radius 3 is 2.44 bits per heavy atom. The van der Waals surface area contributed by atoms with Crippen molar-refractivity contribution in [3.05, 3.63) is 35.4 Å². The van der Waals surface area contributed by atoms with Gasteiger partial charge in [0, 0.05) is 12.6 Å². The van der Waals surface area contributed by atoms with Crippen LogP contribution in [0.3, 0.4) is 0 Å². The smallest absolute Gasteiger partial charge is 0.0329 e. The lowest BCUT2D eigenvalue weighted by atomic mass is 9.93. The van der Waals surface area contributed by atoms with Crippen LogP contribution in [0.5, 0.6) is 0 Å². The molecule has 2 aliphatic carbocycles. The zero-order chi connectivity index (χ0) is 10.6. The van der Waals surface area contributed by atoms with Gasteiger partial charge in [0.15, 0.2) is 0 Å². The van der Waals surface area contributed by atoms with Gasteiger partial charge in [-0.3, -0.25) is 0 Å². The van der Waals surface area contributed by atoms with Crippen LogP contribution >= 0.6 is 0 Å². The molecular formula is C15H19N. The minimum atomic E-state index is 0.652. The molecule has 0 amide bonds. The molecule has 0 radical (unpaired) electrons. The number of nitrogens with one attached hydrogen (secondary N) is 1. The first-order valence-electron chi connectivity index (χ1n) is 6.69. The average molecular weight is 213 g/mol. The fourth-order valence-corrected chi connectivity index (χ4v) is 3.29. The van der Waals surface area contributed by atoms with Crippen LogP contribution in [0.15, 0.2) is 24.3 Å². The summed E-state index contributed by atoms with van der Waals surface area (Å²) in [6.07, 6.45) is 7.13. The van der Waals surface area contributed by atoms with Crippen molar-refractivity contribution >= 4 is 0 Å². The third-order valence-electron chi connectivity index (χ3n) is 4.71. The molecule has 1 N–H and O–H groups in total. The number of hydrogen-bond acceptors (Lipinski definition) is 1. The molecule has 1 aliphatic heterocycles. The van der Waals surface area contributed by atoms with E-state index in [0.717, 1.165) is 5.92 Å². The van der Waals surface area contributed by atoms with Crippen LogP contribution in [0.25, 0.3) is 0 Å². The Morgan fingerprint density at radius 2 is 1.81 bits per heavy atom. The minimum Gasteiger partial charge on any atom is -0.309 e. The van der Waals surface area contributed by atoms with Crippen molar-refractivity contribution in [3.63, 3.8) is 0 Å². The molecule has 1 aromatic carbocycles. The summed E-state index contributed by atoms with van der Waals surface area (Å²) in [5, 5.41) is 3.75. The van der Waals surface area contributed by atoms with Gasteiger partial charge in [0.25, 0.3) is 0 Å². The lowest BCUT2D eigenvalue weighted by Crippen LogP contribution is -2.15. The summed E-state index contributed by atoms with van der Waals surface area (Å²) in [5.74, 6) is 0.883. The number of benzene rings is 1. The molecule has 1 nitrogen and oxygen atoms in total. The molecule has 1 aromatic rings. The Morgan fingerprint density at radius 1 is 1.06 bits per heavy atom.